The highest BCUT2D eigenvalue weighted by Gasteiger charge is 2.34. The second-order valence-electron chi connectivity index (χ2n) is 8.87. The molecule has 2 aliphatic rings. The second-order valence-corrected chi connectivity index (χ2v) is 10.5. The Bertz CT molecular complexity index is 1160. The predicted molar refractivity (Wildman–Crippen MR) is 132 cm³/mol. The Morgan fingerprint density at radius 1 is 1.15 bits per heavy atom. The van der Waals surface area contributed by atoms with Gasteiger partial charge in [0.25, 0.3) is 10.0 Å². The van der Waals surface area contributed by atoms with Crippen LogP contribution in [-0.4, -0.2) is 64.5 Å². The topological polar surface area (TPSA) is 91.3 Å². The number of morpholine rings is 1. The van der Waals surface area contributed by atoms with E-state index in [1.807, 2.05) is 26.0 Å². The molecule has 0 unspecified atom stereocenters. The molecular formula is C25H32N4O4S. The van der Waals surface area contributed by atoms with Crippen LogP contribution < -0.4 is 9.62 Å². The van der Waals surface area contributed by atoms with Crippen LogP contribution in [0.3, 0.4) is 0 Å². The summed E-state index contributed by atoms with van der Waals surface area (Å²) >= 11 is 0. The summed E-state index contributed by atoms with van der Waals surface area (Å²) in [5, 5.41) is 0. The van der Waals surface area contributed by atoms with E-state index < -0.39 is 16.1 Å². The number of hydrogen-bond acceptors (Lipinski definition) is 6. The van der Waals surface area contributed by atoms with Crippen LogP contribution in [0.4, 0.5) is 5.69 Å². The molecule has 2 aromatic carbocycles. The van der Waals surface area contributed by atoms with Crippen molar-refractivity contribution in [2.45, 2.75) is 37.8 Å². The zero-order valence-corrected chi connectivity index (χ0v) is 20.7. The van der Waals surface area contributed by atoms with Crippen molar-refractivity contribution in [2.24, 2.45) is 10.9 Å². The number of likely N-dealkylation sites (N-methyl/N-ethyl adjacent to an activating group) is 1. The van der Waals surface area contributed by atoms with Gasteiger partial charge in [-0.15, -0.1) is 0 Å². The molecule has 1 N–H and O–H groups in total. The number of nitrogens with zero attached hydrogens (tertiary/aromatic N) is 3. The summed E-state index contributed by atoms with van der Waals surface area (Å²) in [4.78, 5) is 22.2. The summed E-state index contributed by atoms with van der Waals surface area (Å²) in [5.74, 6) is 0.0450. The third-order valence-corrected chi connectivity index (χ3v) is 7.87. The molecule has 4 rings (SSSR count). The smallest absolute Gasteiger partial charge is 0.263 e. The number of rotatable bonds is 7. The van der Waals surface area contributed by atoms with Crippen molar-refractivity contribution < 1.29 is 17.9 Å². The summed E-state index contributed by atoms with van der Waals surface area (Å²) in [7, 11) is -1.89. The fourth-order valence-corrected chi connectivity index (χ4v) is 5.47. The van der Waals surface area contributed by atoms with Gasteiger partial charge < -0.3 is 14.5 Å². The van der Waals surface area contributed by atoms with Crippen LogP contribution >= 0.6 is 0 Å². The maximum atomic E-state index is 13.4. The first-order valence-electron chi connectivity index (χ1n) is 11.7. The maximum Gasteiger partial charge on any atom is 0.263 e. The highest BCUT2D eigenvalue weighted by Crippen LogP contribution is 2.25. The third kappa shape index (κ3) is 5.10. The quantitative estimate of drug-likeness (QED) is 0.652. The molecule has 0 bridgehead atoms. The number of hydrogen-bond donors (Lipinski definition) is 1. The standard InChI is InChI=1S/C25H32N4O4S/c1-4-18(2)23(26-24-21-7-5-6-8-22(21)34(31,32)27-24)25(30)28(3)17-19-9-11-20(12-10-19)29-13-15-33-16-14-29/h5-12,18,23H,4,13-17H2,1-3H3,(H,26,27)/t18-,23-/m0/s1. The number of carbonyl (C=O) groups excluding carboxylic acids is 1. The molecule has 2 aliphatic heterocycles. The Kier molecular flexibility index (Phi) is 7.23. The van der Waals surface area contributed by atoms with Crippen LogP contribution in [0.2, 0.25) is 0 Å². The van der Waals surface area contributed by atoms with Gasteiger partial charge in [-0.3, -0.25) is 14.5 Å². The van der Waals surface area contributed by atoms with E-state index in [0.717, 1.165) is 44.0 Å². The van der Waals surface area contributed by atoms with Crippen molar-refractivity contribution in [3.8, 4) is 0 Å². The minimum atomic E-state index is -3.66. The number of aliphatic imine (C=N–C) groups is 1. The number of sulfonamides is 1. The molecular weight excluding hydrogens is 452 g/mol. The van der Waals surface area contributed by atoms with Gasteiger partial charge in [-0.2, -0.15) is 0 Å². The van der Waals surface area contributed by atoms with Gasteiger partial charge in [0, 0.05) is 37.9 Å². The SMILES string of the molecule is CC[C@H](C)[C@H](N=C1NS(=O)(=O)c2ccccc21)C(=O)N(C)Cc1ccc(N2CCOCC2)cc1. The number of ether oxygens (including phenoxy) is 1. The second kappa shape index (κ2) is 10.1. The lowest BCUT2D eigenvalue weighted by Crippen LogP contribution is -2.40. The lowest BCUT2D eigenvalue weighted by atomic mass is 9.98. The van der Waals surface area contributed by atoms with Gasteiger partial charge >= 0.3 is 0 Å². The zero-order chi connectivity index (χ0) is 24.3. The molecule has 0 spiro atoms. The Hall–Kier alpha value is -2.91. The van der Waals surface area contributed by atoms with E-state index in [1.165, 1.54) is 0 Å². The van der Waals surface area contributed by atoms with Crippen LogP contribution in [0.15, 0.2) is 58.4 Å². The number of fused-ring (bicyclic) bond motifs is 1. The van der Waals surface area contributed by atoms with Crippen LogP contribution in [0.5, 0.6) is 0 Å². The van der Waals surface area contributed by atoms with E-state index in [4.69, 9.17) is 4.74 Å². The monoisotopic (exact) mass is 484 g/mol. The van der Waals surface area contributed by atoms with E-state index in [1.54, 1.807) is 36.2 Å². The normalized spacial score (nSPS) is 19.9. The van der Waals surface area contributed by atoms with E-state index in [0.29, 0.717) is 12.1 Å². The number of amides is 1. The van der Waals surface area contributed by atoms with Crippen molar-refractivity contribution in [3.63, 3.8) is 0 Å². The van der Waals surface area contributed by atoms with E-state index in [9.17, 15) is 13.2 Å². The molecule has 34 heavy (non-hydrogen) atoms. The molecule has 0 radical (unpaired) electrons. The molecule has 2 heterocycles. The molecule has 1 amide bonds. The Labute approximate surface area is 201 Å². The van der Waals surface area contributed by atoms with Crippen molar-refractivity contribution >= 4 is 27.5 Å². The van der Waals surface area contributed by atoms with Crippen molar-refractivity contribution in [2.75, 3.05) is 38.3 Å². The highest BCUT2D eigenvalue weighted by atomic mass is 32.2. The Morgan fingerprint density at radius 2 is 1.82 bits per heavy atom. The third-order valence-electron chi connectivity index (χ3n) is 6.48. The van der Waals surface area contributed by atoms with Crippen molar-refractivity contribution in [3.05, 3.63) is 59.7 Å². The highest BCUT2D eigenvalue weighted by molar-refractivity contribution is 7.90. The summed E-state index contributed by atoms with van der Waals surface area (Å²) in [6.45, 7) is 7.64. The molecule has 8 nitrogen and oxygen atoms in total. The Morgan fingerprint density at radius 3 is 2.50 bits per heavy atom. The first-order valence-corrected chi connectivity index (χ1v) is 13.1. The van der Waals surface area contributed by atoms with Gasteiger partial charge in [-0.1, -0.05) is 44.5 Å². The van der Waals surface area contributed by atoms with Crippen molar-refractivity contribution in [1.82, 2.24) is 9.62 Å². The minimum absolute atomic E-state index is 0.0524. The van der Waals surface area contributed by atoms with E-state index >= 15 is 0 Å². The maximum absolute atomic E-state index is 13.4. The summed E-state index contributed by atoms with van der Waals surface area (Å²) < 4.78 is 32.9. The average Bonchev–Trinajstić information content (AvgIpc) is 3.12. The summed E-state index contributed by atoms with van der Waals surface area (Å²) in [5.41, 5.74) is 2.68. The Balaban J connectivity index is 1.51. The largest absolute Gasteiger partial charge is 0.378 e. The fourth-order valence-electron chi connectivity index (χ4n) is 4.23. The van der Waals surface area contributed by atoms with E-state index in [-0.39, 0.29) is 22.6 Å². The molecule has 2 atom stereocenters. The molecule has 0 aliphatic carbocycles. The number of carbonyl (C=O) groups is 1. The molecule has 0 aromatic heterocycles. The summed E-state index contributed by atoms with van der Waals surface area (Å²) in [6, 6.07) is 14.3. The van der Waals surface area contributed by atoms with Gasteiger partial charge in [-0.25, -0.2) is 8.42 Å². The molecule has 1 saturated heterocycles. The number of benzene rings is 2. The zero-order valence-electron chi connectivity index (χ0n) is 19.9. The lowest BCUT2D eigenvalue weighted by Gasteiger charge is -2.29. The molecule has 9 heteroatoms. The van der Waals surface area contributed by atoms with Gasteiger partial charge in [0.2, 0.25) is 5.91 Å². The van der Waals surface area contributed by atoms with Crippen LogP contribution in [0.25, 0.3) is 0 Å². The lowest BCUT2D eigenvalue weighted by molar-refractivity contribution is -0.132. The number of nitrogens with one attached hydrogen (secondary N) is 1. The predicted octanol–water partition coefficient (Wildman–Crippen LogP) is 2.64. The molecule has 182 valence electrons. The van der Waals surface area contributed by atoms with E-state index in [2.05, 4.69) is 26.7 Å². The van der Waals surface area contributed by atoms with Crippen LogP contribution in [0, 0.1) is 5.92 Å². The molecule has 2 aromatic rings. The van der Waals surface area contributed by atoms with Gasteiger partial charge in [0.1, 0.15) is 11.9 Å². The number of anilines is 1. The molecule has 1 fully saturated rings. The minimum Gasteiger partial charge on any atom is -0.378 e. The average molecular weight is 485 g/mol. The van der Waals surface area contributed by atoms with Gasteiger partial charge in [-0.05, 0) is 35.7 Å². The van der Waals surface area contributed by atoms with Crippen LogP contribution in [-0.2, 0) is 26.1 Å². The van der Waals surface area contributed by atoms with Crippen LogP contribution in [0.1, 0.15) is 31.4 Å². The summed E-state index contributed by atoms with van der Waals surface area (Å²) in [6.07, 6.45) is 0.740. The van der Waals surface area contributed by atoms with Gasteiger partial charge in [0.15, 0.2) is 0 Å². The number of amidine groups is 1. The first kappa shape index (κ1) is 24.2. The van der Waals surface area contributed by atoms with Gasteiger partial charge in [0.05, 0.1) is 18.1 Å². The van der Waals surface area contributed by atoms with Crippen molar-refractivity contribution in [1.29, 1.82) is 0 Å². The molecule has 0 saturated carbocycles. The fraction of sp³-hybridized carbons (Fsp3) is 0.440. The first-order chi connectivity index (χ1) is 16.3.